The lowest BCUT2D eigenvalue weighted by Gasteiger charge is -2.09. The zero-order valence-electron chi connectivity index (χ0n) is 10.1. The molecule has 0 radical (unpaired) electrons. The zero-order chi connectivity index (χ0) is 12.1. The minimum absolute atomic E-state index is 0.154. The molecular formula is C14H18N2O. The second kappa shape index (κ2) is 5.55. The lowest BCUT2D eigenvalue weighted by molar-refractivity contribution is 0.277. The minimum Gasteiger partial charge on any atom is -0.395 e. The molecule has 1 aromatic carbocycles. The smallest absolute Gasteiger partial charge is 0.110 e. The van der Waals surface area contributed by atoms with E-state index in [0.717, 1.165) is 17.9 Å². The summed E-state index contributed by atoms with van der Waals surface area (Å²) >= 11 is 0. The van der Waals surface area contributed by atoms with E-state index >= 15 is 0 Å². The number of anilines is 2. The molecule has 0 saturated carbocycles. The number of rotatable bonds is 5. The Balaban J connectivity index is 2.22. The Bertz CT molecular complexity index is 462. The monoisotopic (exact) mass is 230 g/mol. The van der Waals surface area contributed by atoms with E-state index in [1.165, 1.54) is 5.56 Å². The van der Waals surface area contributed by atoms with Crippen LogP contribution in [0.5, 0.6) is 0 Å². The molecule has 0 aliphatic heterocycles. The molecule has 0 aliphatic rings. The van der Waals surface area contributed by atoms with Crippen molar-refractivity contribution in [2.75, 3.05) is 11.9 Å². The molecule has 0 atom stereocenters. The van der Waals surface area contributed by atoms with Crippen LogP contribution in [0, 0.1) is 0 Å². The molecule has 0 bridgehead atoms. The van der Waals surface area contributed by atoms with Gasteiger partial charge in [0, 0.05) is 18.4 Å². The summed E-state index contributed by atoms with van der Waals surface area (Å²) in [4.78, 5) is 0. The molecule has 2 N–H and O–H groups in total. The zero-order valence-corrected chi connectivity index (χ0v) is 10.1. The fourth-order valence-electron chi connectivity index (χ4n) is 1.83. The maximum absolute atomic E-state index is 9.04. The van der Waals surface area contributed by atoms with Crippen molar-refractivity contribution in [1.29, 1.82) is 0 Å². The average molecular weight is 230 g/mol. The molecule has 2 aromatic rings. The number of aliphatic hydroxyl groups is 1. The lowest BCUT2D eigenvalue weighted by Crippen LogP contribution is -2.04. The number of benzene rings is 1. The number of para-hydroxylation sites is 1. The summed E-state index contributed by atoms with van der Waals surface area (Å²) in [6, 6.07) is 12.2. The van der Waals surface area contributed by atoms with E-state index in [1.54, 1.807) is 0 Å². The normalized spacial score (nSPS) is 10.5. The third-order valence-corrected chi connectivity index (χ3v) is 2.75. The Labute approximate surface area is 102 Å². The van der Waals surface area contributed by atoms with Crippen LogP contribution in [0.2, 0.25) is 0 Å². The first-order valence-corrected chi connectivity index (χ1v) is 5.95. The molecule has 1 heterocycles. The Morgan fingerprint density at radius 2 is 2.00 bits per heavy atom. The van der Waals surface area contributed by atoms with E-state index in [-0.39, 0.29) is 6.61 Å². The van der Waals surface area contributed by atoms with Crippen molar-refractivity contribution < 1.29 is 5.11 Å². The number of hydrogen-bond acceptors (Lipinski definition) is 2. The number of aryl methyl sites for hydroxylation is 1. The van der Waals surface area contributed by atoms with Gasteiger partial charge >= 0.3 is 0 Å². The molecule has 0 spiro atoms. The van der Waals surface area contributed by atoms with Gasteiger partial charge in [-0.1, -0.05) is 25.1 Å². The van der Waals surface area contributed by atoms with Crippen LogP contribution >= 0.6 is 0 Å². The highest BCUT2D eigenvalue weighted by atomic mass is 16.3. The van der Waals surface area contributed by atoms with Gasteiger partial charge in [-0.05, 0) is 30.2 Å². The molecular weight excluding hydrogens is 212 g/mol. The van der Waals surface area contributed by atoms with Gasteiger partial charge in [0.25, 0.3) is 0 Å². The van der Waals surface area contributed by atoms with Crippen LogP contribution in [-0.4, -0.2) is 16.3 Å². The second-order valence-electron chi connectivity index (χ2n) is 4.00. The highest BCUT2D eigenvalue weighted by Crippen LogP contribution is 2.19. The van der Waals surface area contributed by atoms with E-state index in [4.69, 9.17) is 5.11 Å². The van der Waals surface area contributed by atoms with Crippen molar-refractivity contribution in [2.24, 2.45) is 0 Å². The first-order chi connectivity index (χ1) is 8.33. The van der Waals surface area contributed by atoms with Gasteiger partial charge < -0.3 is 15.0 Å². The first kappa shape index (κ1) is 11.7. The fourth-order valence-corrected chi connectivity index (χ4v) is 1.83. The summed E-state index contributed by atoms with van der Waals surface area (Å²) in [5.41, 5.74) is 2.34. The van der Waals surface area contributed by atoms with Crippen LogP contribution in [0.25, 0.3) is 0 Å². The maximum Gasteiger partial charge on any atom is 0.110 e. The van der Waals surface area contributed by atoms with Gasteiger partial charge in [0.2, 0.25) is 0 Å². The Morgan fingerprint density at radius 1 is 1.24 bits per heavy atom. The lowest BCUT2D eigenvalue weighted by atomic mass is 10.3. The minimum atomic E-state index is 0.154. The maximum atomic E-state index is 9.04. The molecule has 17 heavy (non-hydrogen) atoms. The van der Waals surface area contributed by atoms with E-state index in [1.807, 2.05) is 34.9 Å². The van der Waals surface area contributed by atoms with Gasteiger partial charge in [-0.25, -0.2) is 0 Å². The van der Waals surface area contributed by atoms with Gasteiger partial charge in [0.1, 0.15) is 5.82 Å². The predicted molar refractivity (Wildman–Crippen MR) is 70.6 cm³/mol. The van der Waals surface area contributed by atoms with Crippen LogP contribution in [0.15, 0.2) is 42.6 Å². The summed E-state index contributed by atoms with van der Waals surface area (Å²) in [7, 11) is 0. The van der Waals surface area contributed by atoms with Crippen LogP contribution in [-0.2, 0) is 13.0 Å². The highest BCUT2D eigenvalue weighted by molar-refractivity contribution is 5.57. The molecule has 3 nitrogen and oxygen atoms in total. The standard InChI is InChI=1S/C14H18N2O/c1-2-12-10-14(16(11-12)8-9-17)15-13-6-4-3-5-7-13/h3-7,10-11,15,17H,2,8-9H2,1H3. The van der Waals surface area contributed by atoms with Crippen molar-refractivity contribution in [3.63, 3.8) is 0 Å². The summed E-state index contributed by atoms with van der Waals surface area (Å²) in [5, 5.41) is 12.4. The topological polar surface area (TPSA) is 37.2 Å². The number of nitrogens with zero attached hydrogens (tertiary/aromatic N) is 1. The van der Waals surface area contributed by atoms with Crippen molar-refractivity contribution in [3.8, 4) is 0 Å². The molecule has 90 valence electrons. The summed E-state index contributed by atoms with van der Waals surface area (Å²) < 4.78 is 2.05. The molecule has 0 fully saturated rings. The molecule has 0 saturated heterocycles. The third-order valence-electron chi connectivity index (χ3n) is 2.75. The predicted octanol–water partition coefficient (Wildman–Crippen LogP) is 2.79. The highest BCUT2D eigenvalue weighted by Gasteiger charge is 2.04. The largest absolute Gasteiger partial charge is 0.395 e. The molecule has 0 unspecified atom stereocenters. The summed E-state index contributed by atoms with van der Waals surface area (Å²) in [6.45, 7) is 2.90. The summed E-state index contributed by atoms with van der Waals surface area (Å²) in [5.74, 6) is 1.03. The molecule has 3 heteroatoms. The van der Waals surface area contributed by atoms with Gasteiger partial charge in [0.15, 0.2) is 0 Å². The van der Waals surface area contributed by atoms with E-state index in [0.29, 0.717) is 6.54 Å². The third kappa shape index (κ3) is 2.88. The Hall–Kier alpha value is -1.74. The van der Waals surface area contributed by atoms with E-state index in [2.05, 4.69) is 24.5 Å². The Kier molecular flexibility index (Phi) is 3.83. The second-order valence-corrected chi connectivity index (χ2v) is 4.00. The van der Waals surface area contributed by atoms with E-state index < -0.39 is 0 Å². The van der Waals surface area contributed by atoms with Gasteiger partial charge in [-0.15, -0.1) is 0 Å². The van der Waals surface area contributed by atoms with Gasteiger partial charge in [0.05, 0.1) is 6.61 Å². The number of aromatic nitrogens is 1. The first-order valence-electron chi connectivity index (χ1n) is 5.95. The van der Waals surface area contributed by atoms with Crippen molar-refractivity contribution in [1.82, 2.24) is 4.57 Å². The van der Waals surface area contributed by atoms with Gasteiger partial charge in [-0.2, -0.15) is 0 Å². The average Bonchev–Trinajstić information content (AvgIpc) is 2.74. The van der Waals surface area contributed by atoms with Crippen LogP contribution in [0.1, 0.15) is 12.5 Å². The SMILES string of the molecule is CCc1cc(Nc2ccccc2)n(CCO)c1. The van der Waals surface area contributed by atoms with Crippen molar-refractivity contribution >= 4 is 11.5 Å². The molecule has 0 amide bonds. The quantitative estimate of drug-likeness (QED) is 0.828. The number of aliphatic hydroxyl groups excluding tert-OH is 1. The molecule has 0 aliphatic carbocycles. The van der Waals surface area contributed by atoms with E-state index in [9.17, 15) is 0 Å². The molecule has 2 rings (SSSR count). The fraction of sp³-hybridized carbons (Fsp3) is 0.286. The Morgan fingerprint density at radius 3 is 2.65 bits per heavy atom. The van der Waals surface area contributed by atoms with Crippen LogP contribution < -0.4 is 5.32 Å². The molecule has 1 aromatic heterocycles. The summed E-state index contributed by atoms with van der Waals surface area (Å²) in [6.07, 6.45) is 3.09. The number of hydrogen-bond donors (Lipinski definition) is 2. The van der Waals surface area contributed by atoms with Crippen LogP contribution in [0.3, 0.4) is 0 Å². The van der Waals surface area contributed by atoms with Gasteiger partial charge in [-0.3, -0.25) is 0 Å². The van der Waals surface area contributed by atoms with Crippen molar-refractivity contribution in [2.45, 2.75) is 19.9 Å². The van der Waals surface area contributed by atoms with Crippen molar-refractivity contribution in [3.05, 3.63) is 48.2 Å². The number of nitrogens with one attached hydrogen (secondary N) is 1. The van der Waals surface area contributed by atoms with Crippen LogP contribution in [0.4, 0.5) is 11.5 Å².